The lowest BCUT2D eigenvalue weighted by Crippen LogP contribution is -2.41. The van der Waals surface area contributed by atoms with Gasteiger partial charge in [0.25, 0.3) is 0 Å². The molecule has 0 unspecified atom stereocenters. The van der Waals surface area contributed by atoms with Crippen LogP contribution in [0.15, 0.2) is 24.3 Å². The Morgan fingerprint density at radius 2 is 1.36 bits per heavy atom. The van der Waals surface area contributed by atoms with Crippen molar-refractivity contribution >= 4 is 6.15 Å². The van der Waals surface area contributed by atoms with E-state index in [9.17, 15) is 0 Å². The molecule has 2 aliphatic rings. The maximum Gasteiger partial charge on any atom is 0.373 e. The number of nitrogens with zero attached hydrogens (tertiary/aromatic N) is 1. The van der Waals surface area contributed by atoms with Gasteiger partial charge in [-0.3, -0.25) is 0 Å². The second kappa shape index (κ2) is 14.8. The highest BCUT2D eigenvalue weighted by Crippen LogP contribution is 2.30. The van der Waals surface area contributed by atoms with Gasteiger partial charge in [0.05, 0.1) is 0 Å². The Hall–Kier alpha value is -1.48. The number of piperidine rings is 1. The number of hydrogen-bond acceptors (Lipinski definition) is 4. The van der Waals surface area contributed by atoms with Crippen LogP contribution in [0.2, 0.25) is 0 Å². The van der Waals surface area contributed by atoms with Gasteiger partial charge in [0, 0.05) is 12.6 Å². The third-order valence-corrected chi connectivity index (χ3v) is 4.39. The quantitative estimate of drug-likeness (QED) is 0.902. The maximum absolute atomic E-state index is 8.12. The summed E-state index contributed by atoms with van der Waals surface area (Å²) < 4.78 is 0. The molecule has 0 amide bonds. The van der Waals surface area contributed by atoms with Crippen LogP contribution in [0.5, 0.6) is 0 Å². The SMILES string of the molecule is CC.CN(CC1CC1)C1CCNCC1.Cc1ccc(C)cc1.O=C=O. The second-order valence-corrected chi connectivity index (χ2v) is 6.60. The maximum atomic E-state index is 8.12. The van der Waals surface area contributed by atoms with Crippen LogP contribution in [-0.4, -0.2) is 43.8 Å². The summed E-state index contributed by atoms with van der Waals surface area (Å²) >= 11 is 0. The predicted molar refractivity (Wildman–Crippen MR) is 104 cm³/mol. The van der Waals surface area contributed by atoms with E-state index < -0.39 is 0 Å². The minimum absolute atomic E-state index is 0.250. The van der Waals surface area contributed by atoms with Crippen molar-refractivity contribution in [3.05, 3.63) is 35.4 Å². The van der Waals surface area contributed by atoms with E-state index in [4.69, 9.17) is 9.59 Å². The third-order valence-electron chi connectivity index (χ3n) is 4.39. The molecule has 0 bridgehead atoms. The smallest absolute Gasteiger partial charge is 0.317 e. The number of nitrogens with one attached hydrogen (secondary N) is 1. The van der Waals surface area contributed by atoms with Gasteiger partial charge >= 0.3 is 6.15 Å². The molecule has 1 N–H and O–H groups in total. The zero-order chi connectivity index (χ0) is 19.1. The lowest BCUT2D eigenvalue weighted by Gasteiger charge is -2.31. The van der Waals surface area contributed by atoms with Gasteiger partial charge in [-0.25, -0.2) is 0 Å². The van der Waals surface area contributed by atoms with E-state index in [2.05, 4.69) is 55.4 Å². The molecule has 142 valence electrons. The van der Waals surface area contributed by atoms with Crippen LogP contribution in [-0.2, 0) is 9.59 Å². The van der Waals surface area contributed by atoms with Gasteiger partial charge in [0.2, 0.25) is 0 Å². The Morgan fingerprint density at radius 3 is 1.72 bits per heavy atom. The van der Waals surface area contributed by atoms with E-state index >= 15 is 0 Å². The van der Waals surface area contributed by atoms with Gasteiger partial charge in [-0.05, 0) is 65.6 Å². The van der Waals surface area contributed by atoms with Crippen LogP contribution in [0.25, 0.3) is 0 Å². The number of aryl methyl sites for hydroxylation is 2. The van der Waals surface area contributed by atoms with Crippen LogP contribution < -0.4 is 5.32 Å². The van der Waals surface area contributed by atoms with E-state index in [-0.39, 0.29) is 6.15 Å². The third kappa shape index (κ3) is 12.5. The average Bonchev–Trinajstić information content (AvgIpc) is 3.45. The normalized spacial score (nSPS) is 16.2. The van der Waals surface area contributed by atoms with E-state index in [0.717, 1.165) is 12.0 Å². The van der Waals surface area contributed by atoms with Crippen molar-refractivity contribution < 1.29 is 9.59 Å². The van der Waals surface area contributed by atoms with Crippen molar-refractivity contribution in [3.8, 4) is 0 Å². The molecule has 1 aliphatic heterocycles. The summed E-state index contributed by atoms with van der Waals surface area (Å²) in [7, 11) is 2.30. The number of rotatable bonds is 3. The molecule has 4 heteroatoms. The van der Waals surface area contributed by atoms with Crippen molar-refractivity contribution in [2.45, 2.75) is 59.4 Å². The molecule has 2 fully saturated rings. The Morgan fingerprint density at radius 1 is 0.960 bits per heavy atom. The van der Waals surface area contributed by atoms with Crippen LogP contribution >= 0.6 is 0 Å². The second-order valence-electron chi connectivity index (χ2n) is 6.60. The highest BCUT2D eigenvalue weighted by molar-refractivity contribution is 5.20. The highest BCUT2D eigenvalue weighted by Gasteiger charge is 2.26. The van der Waals surface area contributed by atoms with Crippen LogP contribution in [0.1, 0.15) is 50.7 Å². The first kappa shape index (κ1) is 23.5. The standard InChI is InChI=1S/C10H20N2.C8H10.C2H6.CO2/c1-12(8-9-2-3-9)10-4-6-11-7-5-10;1-7-3-5-8(2)6-4-7;1-2;2-1-3/h9-11H,2-8H2,1H3;3-6H,1-2H3;1-2H3;. The van der Waals surface area contributed by atoms with E-state index in [1.807, 2.05) is 13.8 Å². The summed E-state index contributed by atoms with van der Waals surface area (Å²) in [5, 5.41) is 3.41. The van der Waals surface area contributed by atoms with Gasteiger partial charge in [-0.2, -0.15) is 9.59 Å². The van der Waals surface area contributed by atoms with Gasteiger partial charge < -0.3 is 10.2 Å². The molecular formula is C21H36N2O2. The molecule has 1 heterocycles. The largest absolute Gasteiger partial charge is 0.373 e. The van der Waals surface area contributed by atoms with Crippen molar-refractivity contribution in [2.75, 3.05) is 26.7 Å². The Bertz CT molecular complexity index is 436. The van der Waals surface area contributed by atoms with Crippen molar-refractivity contribution in [1.29, 1.82) is 0 Å². The average molecular weight is 349 g/mol. The van der Waals surface area contributed by atoms with Crippen molar-refractivity contribution in [3.63, 3.8) is 0 Å². The van der Waals surface area contributed by atoms with Crippen LogP contribution in [0.4, 0.5) is 0 Å². The Labute approximate surface area is 154 Å². The molecule has 25 heavy (non-hydrogen) atoms. The molecule has 1 aliphatic carbocycles. The molecule has 1 aromatic carbocycles. The Balaban J connectivity index is 0.000000385. The molecular weight excluding hydrogens is 312 g/mol. The van der Waals surface area contributed by atoms with Gasteiger partial charge in [0.15, 0.2) is 0 Å². The van der Waals surface area contributed by atoms with E-state index in [1.165, 1.54) is 56.4 Å². The van der Waals surface area contributed by atoms with Crippen LogP contribution in [0.3, 0.4) is 0 Å². The zero-order valence-corrected chi connectivity index (χ0v) is 16.7. The monoisotopic (exact) mass is 348 g/mol. The highest BCUT2D eigenvalue weighted by atomic mass is 16.2. The number of hydrogen-bond donors (Lipinski definition) is 1. The van der Waals surface area contributed by atoms with E-state index in [1.54, 1.807) is 0 Å². The van der Waals surface area contributed by atoms with E-state index in [0.29, 0.717) is 0 Å². The first-order chi connectivity index (χ1) is 12.1. The van der Waals surface area contributed by atoms with Crippen LogP contribution in [0, 0.1) is 19.8 Å². The molecule has 0 aromatic heterocycles. The van der Waals surface area contributed by atoms with Gasteiger partial charge in [-0.1, -0.05) is 49.2 Å². The van der Waals surface area contributed by atoms with Gasteiger partial charge in [0.1, 0.15) is 0 Å². The first-order valence-electron chi connectivity index (χ1n) is 9.50. The minimum Gasteiger partial charge on any atom is -0.317 e. The summed E-state index contributed by atoms with van der Waals surface area (Å²) in [5.74, 6) is 1.05. The zero-order valence-electron chi connectivity index (χ0n) is 16.7. The first-order valence-corrected chi connectivity index (χ1v) is 9.50. The van der Waals surface area contributed by atoms with Crippen molar-refractivity contribution in [2.24, 2.45) is 5.92 Å². The molecule has 0 spiro atoms. The molecule has 1 aromatic rings. The summed E-state index contributed by atoms with van der Waals surface area (Å²) in [6, 6.07) is 9.35. The Kier molecular flexibility index (Phi) is 14.0. The molecule has 0 radical (unpaired) electrons. The summed E-state index contributed by atoms with van der Waals surface area (Å²) in [6.07, 6.45) is 5.91. The fraction of sp³-hybridized carbons (Fsp3) is 0.667. The fourth-order valence-electron chi connectivity index (χ4n) is 2.74. The summed E-state index contributed by atoms with van der Waals surface area (Å²) in [5.41, 5.74) is 2.66. The fourth-order valence-corrected chi connectivity index (χ4v) is 2.74. The number of benzene rings is 1. The van der Waals surface area contributed by atoms with Crippen molar-refractivity contribution in [1.82, 2.24) is 10.2 Å². The summed E-state index contributed by atoms with van der Waals surface area (Å²) in [4.78, 5) is 18.8. The summed E-state index contributed by atoms with van der Waals surface area (Å²) in [6.45, 7) is 12.0. The van der Waals surface area contributed by atoms with Gasteiger partial charge in [-0.15, -0.1) is 0 Å². The molecule has 0 atom stereocenters. The lowest BCUT2D eigenvalue weighted by atomic mass is 10.1. The molecule has 1 saturated carbocycles. The lowest BCUT2D eigenvalue weighted by molar-refractivity contribution is -0.191. The molecule has 3 rings (SSSR count). The molecule has 4 nitrogen and oxygen atoms in total. The molecule has 1 saturated heterocycles. The topological polar surface area (TPSA) is 49.4 Å². The number of carbonyl (C=O) groups excluding carboxylic acids is 2. The minimum atomic E-state index is 0.250. The predicted octanol–water partition coefficient (Wildman–Crippen LogP) is 3.83.